The fraction of sp³-hybridized carbons (Fsp3) is 0.286. The van der Waals surface area contributed by atoms with Gasteiger partial charge in [0.2, 0.25) is 0 Å². The zero-order valence-corrected chi connectivity index (χ0v) is 5.63. The van der Waals surface area contributed by atoms with E-state index in [0.29, 0.717) is 5.69 Å². The fourth-order valence-corrected chi connectivity index (χ4v) is 0.704. The summed E-state index contributed by atoms with van der Waals surface area (Å²) in [5.74, 6) is -0.451. The first-order valence-corrected chi connectivity index (χ1v) is 2.97. The number of halogens is 1. The van der Waals surface area contributed by atoms with Crippen LogP contribution in [0.1, 0.15) is 11.4 Å². The number of hydrogen-bond acceptors (Lipinski definition) is 2. The highest BCUT2D eigenvalue weighted by atomic mass is 19.1. The van der Waals surface area contributed by atoms with Gasteiger partial charge >= 0.3 is 0 Å². The van der Waals surface area contributed by atoms with Crippen molar-refractivity contribution in [2.75, 3.05) is 0 Å². The molecule has 10 heavy (non-hydrogen) atoms. The van der Waals surface area contributed by atoms with Crippen molar-refractivity contribution in [2.45, 2.75) is 13.5 Å². The van der Waals surface area contributed by atoms with Crippen molar-refractivity contribution in [3.8, 4) is 0 Å². The van der Waals surface area contributed by atoms with Gasteiger partial charge in [0.25, 0.3) is 0 Å². The molecule has 0 aliphatic rings. The molecule has 0 amide bonds. The lowest BCUT2D eigenvalue weighted by Gasteiger charge is -1.97. The van der Waals surface area contributed by atoms with Gasteiger partial charge in [-0.2, -0.15) is 0 Å². The van der Waals surface area contributed by atoms with Crippen molar-refractivity contribution in [3.05, 3.63) is 29.3 Å². The zero-order valence-electron chi connectivity index (χ0n) is 5.63. The van der Waals surface area contributed by atoms with Gasteiger partial charge in [-0.05, 0) is 19.1 Å². The van der Waals surface area contributed by atoms with E-state index in [1.165, 1.54) is 6.07 Å². The largest absolute Gasteiger partial charge is 0.390 e. The number of aromatic nitrogens is 1. The highest BCUT2D eigenvalue weighted by Crippen LogP contribution is 2.04. The Hall–Kier alpha value is -0.960. The van der Waals surface area contributed by atoms with E-state index in [1.807, 2.05) is 0 Å². The molecule has 0 aromatic carbocycles. The minimum Gasteiger partial charge on any atom is -0.390 e. The van der Waals surface area contributed by atoms with Gasteiger partial charge in [0.1, 0.15) is 11.5 Å². The molecule has 0 unspecified atom stereocenters. The van der Waals surface area contributed by atoms with Crippen LogP contribution in [0.25, 0.3) is 0 Å². The number of nitrogens with zero attached hydrogens (tertiary/aromatic N) is 1. The summed E-state index contributed by atoms with van der Waals surface area (Å²) < 4.78 is 12.5. The fourth-order valence-electron chi connectivity index (χ4n) is 0.704. The minimum atomic E-state index is -0.451. The van der Waals surface area contributed by atoms with Crippen LogP contribution in [0.3, 0.4) is 0 Å². The summed E-state index contributed by atoms with van der Waals surface area (Å²) in [6, 6.07) is 2.86. The van der Waals surface area contributed by atoms with Crippen molar-refractivity contribution in [2.24, 2.45) is 0 Å². The summed E-state index contributed by atoms with van der Waals surface area (Å²) in [5, 5.41) is 8.54. The normalized spacial score (nSPS) is 9.90. The lowest BCUT2D eigenvalue weighted by Crippen LogP contribution is -1.95. The first-order valence-electron chi connectivity index (χ1n) is 2.97. The van der Waals surface area contributed by atoms with Gasteiger partial charge in [0.05, 0.1) is 6.61 Å². The van der Waals surface area contributed by atoms with Crippen LogP contribution < -0.4 is 0 Å². The SMILES string of the molecule is Cc1ccc(F)c(CO)n1. The van der Waals surface area contributed by atoms with Crippen LogP contribution in [-0.2, 0) is 6.61 Å². The van der Waals surface area contributed by atoms with Crippen molar-refractivity contribution in [1.29, 1.82) is 0 Å². The van der Waals surface area contributed by atoms with Gasteiger partial charge < -0.3 is 5.11 Å². The van der Waals surface area contributed by atoms with Crippen LogP contribution in [-0.4, -0.2) is 10.1 Å². The number of hydrogen-bond donors (Lipinski definition) is 1. The van der Waals surface area contributed by atoms with Crippen molar-refractivity contribution in [3.63, 3.8) is 0 Å². The Morgan fingerprint density at radius 3 is 2.80 bits per heavy atom. The Morgan fingerprint density at radius 1 is 1.60 bits per heavy atom. The molecule has 1 aromatic heterocycles. The molecule has 0 radical (unpaired) electrons. The zero-order chi connectivity index (χ0) is 7.56. The van der Waals surface area contributed by atoms with Gasteiger partial charge in [-0.25, -0.2) is 4.39 Å². The molecule has 1 heterocycles. The Balaban J connectivity index is 3.09. The summed E-state index contributed by atoms with van der Waals surface area (Å²) in [6.45, 7) is 1.41. The van der Waals surface area contributed by atoms with Gasteiger partial charge in [0.15, 0.2) is 0 Å². The van der Waals surface area contributed by atoms with Gasteiger partial charge in [-0.1, -0.05) is 0 Å². The predicted octanol–water partition coefficient (Wildman–Crippen LogP) is 1.02. The second kappa shape index (κ2) is 2.75. The highest BCUT2D eigenvalue weighted by molar-refractivity contribution is 5.11. The smallest absolute Gasteiger partial charge is 0.147 e. The number of aliphatic hydroxyl groups is 1. The van der Waals surface area contributed by atoms with Crippen LogP contribution in [0.2, 0.25) is 0 Å². The summed E-state index contributed by atoms with van der Waals surface area (Å²) in [5.41, 5.74) is 0.824. The second-order valence-electron chi connectivity index (χ2n) is 2.04. The summed E-state index contributed by atoms with van der Waals surface area (Å²) in [6.07, 6.45) is 0. The van der Waals surface area contributed by atoms with Crippen LogP contribution >= 0.6 is 0 Å². The standard InChI is InChI=1S/C7H8FNO/c1-5-2-3-6(8)7(4-10)9-5/h2-3,10H,4H2,1H3. The molecule has 1 aromatic rings. The van der Waals surface area contributed by atoms with Crippen LogP contribution in [0, 0.1) is 12.7 Å². The first-order chi connectivity index (χ1) is 4.74. The maximum absolute atomic E-state index is 12.5. The summed E-state index contributed by atoms with van der Waals surface area (Å²) >= 11 is 0. The predicted molar refractivity (Wildman–Crippen MR) is 34.9 cm³/mol. The van der Waals surface area contributed by atoms with E-state index in [4.69, 9.17) is 5.11 Å². The molecule has 1 rings (SSSR count). The van der Waals surface area contributed by atoms with E-state index in [0.717, 1.165) is 0 Å². The topological polar surface area (TPSA) is 33.1 Å². The second-order valence-corrected chi connectivity index (χ2v) is 2.04. The van der Waals surface area contributed by atoms with Crippen LogP contribution in [0.15, 0.2) is 12.1 Å². The molecule has 0 spiro atoms. The quantitative estimate of drug-likeness (QED) is 0.633. The number of aryl methyl sites for hydroxylation is 1. The average molecular weight is 141 g/mol. The van der Waals surface area contributed by atoms with Gasteiger partial charge in [-0.3, -0.25) is 4.98 Å². The first kappa shape index (κ1) is 7.15. The summed E-state index contributed by atoms with van der Waals surface area (Å²) in [7, 11) is 0. The molecule has 1 N–H and O–H groups in total. The molecule has 0 aliphatic heterocycles. The molecule has 3 heteroatoms. The lowest BCUT2D eigenvalue weighted by molar-refractivity contribution is 0.269. The molecule has 2 nitrogen and oxygen atoms in total. The van der Waals surface area contributed by atoms with Gasteiger partial charge in [0, 0.05) is 5.69 Å². The third-order valence-electron chi connectivity index (χ3n) is 1.21. The average Bonchev–Trinajstić information content (AvgIpc) is 1.94. The number of pyridine rings is 1. The third-order valence-corrected chi connectivity index (χ3v) is 1.21. The lowest BCUT2D eigenvalue weighted by atomic mass is 10.3. The van der Waals surface area contributed by atoms with E-state index in [-0.39, 0.29) is 12.3 Å². The maximum Gasteiger partial charge on any atom is 0.147 e. The van der Waals surface area contributed by atoms with E-state index in [1.54, 1.807) is 13.0 Å². The molecule has 0 saturated carbocycles. The Morgan fingerprint density at radius 2 is 2.30 bits per heavy atom. The van der Waals surface area contributed by atoms with Crippen LogP contribution in [0.4, 0.5) is 4.39 Å². The highest BCUT2D eigenvalue weighted by Gasteiger charge is 2.00. The van der Waals surface area contributed by atoms with E-state index < -0.39 is 5.82 Å². The molecule has 0 fully saturated rings. The van der Waals surface area contributed by atoms with E-state index in [9.17, 15) is 4.39 Å². The van der Waals surface area contributed by atoms with E-state index >= 15 is 0 Å². The molecular weight excluding hydrogens is 133 g/mol. The molecule has 0 atom stereocenters. The summed E-state index contributed by atoms with van der Waals surface area (Å²) in [4.78, 5) is 3.77. The van der Waals surface area contributed by atoms with Crippen molar-refractivity contribution < 1.29 is 9.50 Å². The molecular formula is C7H8FNO. The van der Waals surface area contributed by atoms with Crippen molar-refractivity contribution in [1.82, 2.24) is 4.98 Å². The molecule has 0 aliphatic carbocycles. The Kier molecular flexibility index (Phi) is 1.97. The third kappa shape index (κ3) is 1.30. The number of aliphatic hydroxyl groups excluding tert-OH is 1. The van der Waals surface area contributed by atoms with Crippen LogP contribution in [0.5, 0.6) is 0 Å². The Labute approximate surface area is 58.3 Å². The van der Waals surface area contributed by atoms with Crippen molar-refractivity contribution >= 4 is 0 Å². The monoisotopic (exact) mass is 141 g/mol. The maximum atomic E-state index is 12.5. The molecule has 54 valence electrons. The van der Waals surface area contributed by atoms with E-state index in [2.05, 4.69) is 4.98 Å². The number of rotatable bonds is 1. The molecule has 0 saturated heterocycles. The Bertz CT molecular complexity index is 237. The minimum absolute atomic E-state index is 0.111. The molecule has 0 bridgehead atoms. The van der Waals surface area contributed by atoms with Gasteiger partial charge in [-0.15, -0.1) is 0 Å².